The molecule has 3 nitrogen and oxygen atoms in total. The summed E-state index contributed by atoms with van der Waals surface area (Å²) in [6, 6.07) is 0. The maximum absolute atomic E-state index is 11.6. The number of nitrogens with one attached hydrogen (secondary N) is 1. The third-order valence-electron chi connectivity index (χ3n) is 2.71. The molecule has 1 aliphatic rings. The summed E-state index contributed by atoms with van der Waals surface area (Å²) < 4.78 is 5.29. The molecule has 0 spiro atoms. The highest BCUT2D eigenvalue weighted by Crippen LogP contribution is 2.24. The Bertz CT molecular complexity index is 181. The van der Waals surface area contributed by atoms with Gasteiger partial charge in [0.25, 0.3) is 0 Å². The van der Waals surface area contributed by atoms with Gasteiger partial charge in [-0.15, -0.1) is 0 Å². The van der Waals surface area contributed by atoms with Crippen molar-refractivity contribution in [1.29, 1.82) is 0 Å². The van der Waals surface area contributed by atoms with Gasteiger partial charge in [-0.2, -0.15) is 0 Å². The maximum atomic E-state index is 11.6. The van der Waals surface area contributed by atoms with Crippen LogP contribution in [0.1, 0.15) is 32.1 Å². The molecule has 1 aliphatic carbocycles. The molecule has 1 N–H and O–H groups in total. The van der Waals surface area contributed by atoms with Crippen LogP contribution in [0.3, 0.4) is 0 Å². The fourth-order valence-electron chi connectivity index (χ4n) is 1.87. The van der Waals surface area contributed by atoms with E-state index in [0.717, 1.165) is 44.4 Å². The Balaban J connectivity index is 1.92. The second kappa shape index (κ2) is 8.11. The summed E-state index contributed by atoms with van der Waals surface area (Å²) in [5.74, 6) is 0.529. The second-order valence-corrected chi connectivity index (χ2v) is 4.72. The highest BCUT2D eigenvalue weighted by Gasteiger charge is 2.21. The maximum Gasteiger partial charge on any atom is 0.223 e. The third kappa shape index (κ3) is 5.52. The molecule has 0 atom stereocenters. The van der Waals surface area contributed by atoms with Gasteiger partial charge in [0.15, 0.2) is 0 Å². The van der Waals surface area contributed by atoms with Crippen molar-refractivity contribution in [2.45, 2.75) is 32.1 Å². The number of halogens is 1. The van der Waals surface area contributed by atoms with Gasteiger partial charge in [-0.25, -0.2) is 0 Å². The van der Waals surface area contributed by atoms with E-state index in [1.807, 2.05) is 0 Å². The minimum Gasteiger partial charge on any atom is -0.381 e. The molecule has 0 heterocycles. The smallest absolute Gasteiger partial charge is 0.223 e. The van der Waals surface area contributed by atoms with Crippen LogP contribution in [0, 0.1) is 5.92 Å². The van der Waals surface area contributed by atoms with Crippen molar-refractivity contribution in [2.24, 2.45) is 5.92 Å². The van der Waals surface area contributed by atoms with Crippen LogP contribution < -0.4 is 5.32 Å². The summed E-state index contributed by atoms with van der Waals surface area (Å²) in [4.78, 5) is 11.6. The molecule has 0 unspecified atom stereocenters. The minimum atomic E-state index is 0.244. The molecular weight excluding hydrogens is 258 g/mol. The number of amides is 1. The molecule has 88 valence electrons. The van der Waals surface area contributed by atoms with Crippen LogP contribution in [0.2, 0.25) is 0 Å². The molecule has 15 heavy (non-hydrogen) atoms. The van der Waals surface area contributed by atoms with Crippen LogP contribution in [0.5, 0.6) is 0 Å². The first-order valence-corrected chi connectivity index (χ1v) is 6.88. The second-order valence-electron chi connectivity index (χ2n) is 3.93. The zero-order chi connectivity index (χ0) is 10.9. The highest BCUT2D eigenvalue weighted by molar-refractivity contribution is 9.09. The number of carbonyl (C=O) groups is 1. The summed E-state index contributed by atoms with van der Waals surface area (Å²) in [5.41, 5.74) is 0. The van der Waals surface area contributed by atoms with Gasteiger partial charge in [0.1, 0.15) is 0 Å². The van der Waals surface area contributed by atoms with E-state index < -0.39 is 0 Å². The summed E-state index contributed by atoms with van der Waals surface area (Å²) in [6.07, 6.45) is 5.49. The Kier molecular flexibility index (Phi) is 7.01. The van der Waals surface area contributed by atoms with E-state index in [1.54, 1.807) is 0 Å². The quantitative estimate of drug-likeness (QED) is 0.572. The number of rotatable bonds is 7. The van der Waals surface area contributed by atoms with Crippen molar-refractivity contribution in [3.8, 4) is 0 Å². The monoisotopic (exact) mass is 277 g/mol. The van der Waals surface area contributed by atoms with Crippen LogP contribution in [0.15, 0.2) is 0 Å². The predicted molar refractivity (Wildman–Crippen MR) is 64.2 cm³/mol. The molecule has 1 saturated carbocycles. The normalized spacial score (nSPS) is 16.9. The lowest BCUT2D eigenvalue weighted by Gasteiger charge is -2.09. The van der Waals surface area contributed by atoms with Crippen LogP contribution in [0.4, 0.5) is 0 Å². The molecule has 1 amide bonds. The van der Waals surface area contributed by atoms with Crippen molar-refractivity contribution in [3.63, 3.8) is 0 Å². The lowest BCUT2D eigenvalue weighted by Crippen LogP contribution is -2.30. The van der Waals surface area contributed by atoms with E-state index in [-0.39, 0.29) is 11.8 Å². The summed E-state index contributed by atoms with van der Waals surface area (Å²) in [5, 5.41) is 3.85. The van der Waals surface area contributed by atoms with Crippen LogP contribution in [-0.4, -0.2) is 31.0 Å². The lowest BCUT2D eigenvalue weighted by atomic mass is 10.1. The summed E-state index contributed by atoms with van der Waals surface area (Å²) >= 11 is 3.29. The molecule has 4 heteroatoms. The van der Waals surface area contributed by atoms with Gasteiger partial charge in [0.2, 0.25) is 5.91 Å². The average Bonchev–Trinajstić information content (AvgIpc) is 2.76. The largest absolute Gasteiger partial charge is 0.381 e. The topological polar surface area (TPSA) is 38.3 Å². The van der Waals surface area contributed by atoms with Gasteiger partial charge in [0.05, 0.1) is 6.61 Å². The van der Waals surface area contributed by atoms with E-state index in [1.165, 1.54) is 12.8 Å². The number of ether oxygens (including phenoxy) is 1. The number of carbonyl (C=O) groups excluding carboxylic acids is 1. The van der Waals surface area contributed by atoms with E-state index >= 15 is 0 Å². The van der Waals surface area contributed by atoms with Crippen LogP contribution in [0.25, 0.3) is 0 Å². The first-order chi connectivity index (χ1) is 7.34. The van der Waals surface area contributed by atoms with E-state index in [4.69, 9.17) is 4.74 Å². The fourth-order valence-corrected chi connectivity index (χ4v) is 2.10. The van der Waals surface area contributed by atoms with Crippen molar-refractivity contribution in [3.05, 3.63) is 0 Å². The molecule has 1 fully saturated rings. The summed E-state index contributed by atoms with van der Waals surface area (Å²) in [7, 11) is 0. The molecule has 0 bridgehead atoms. The van der Waals surface area contributed by atoms with Crippen molar-refractivity contribution >= 4 is 21.8 Å². The predicted octanol–water partition coefficient (Wildman–Crippen LogP) is 2.09. The van der Waals surface area contributed by atoms with Gasteiger partial charge in [-0.1, -0.05) is 28.8 Å². The van der Waals surface area contributed by atoms with Gasteiger partial charge in [-0.3, -0.25) is 4.79 Å². The average molecular weight is 278 g/mol. The zero-order valence-electron chi connectivity index (χ0n) is 9.14. The third-order valence-corrected chi connectivity index (χ3v) is 3.04. The molecule has 0 saturated heterocycles. The first kappa shape index (κ1) is 13.0. The standard InChI is InChI=1S/C11H20BrNO2/c12-6-9-15-8-3-7-13-11(14)10-4-1-2-5-10/h10H,1-9H2,(H,13,14). The molecule has 1 rings (SSSR count). The Labute approximate surface area is 100 Å². The molecular formula is C11H20BrNO2. The molecule has 0 aliphatic heterocycles. The minimum absolute atomic E-state index is 0.244. The fraction of sp³-hybridized carbons (Fsp3) is 0.909. The Morgan fingerprint density at radius 3 is 2.73 bits per heavy atom. The van der Waals surface area contributed by atoms with Gasteiger partial charge in [-0.05, 0) is 19.3 Å². The lowest BCUT2D eigenvalue weighted by molar-refractivity contribution is -0.124. The van der Waals surface area contributed by atoms with Gasteiger partial charge in [0, 0.05) is 24.4 Å². The summed E-state index contributed by atoms with van der Waals surface area (Å²) in [6.45, 7) is 2.23. The SMILES string of the molecule is O=C(NCCCOCCBr)C1CCCC1. The molecule has 0 aromatic heterocycles. The number of alkyl halides is 1. The Morgan fingerprint density at radius 2 is 2.07 bits per heavy atom. The van der Waals surface area contributed by atoms with E-state index in [2.05, 4.69) is 21.2 Å². The van der Waals surface area contributed by atoms with E-state index in [9.17, 15) is 4.79 Å². The molecule has 0 aromatic carbocycles. The Hall–Kier alpha value is -0.0900. The van der Waals surface area contributed by atoms with E-state index in [0.29, 0.717) is 0 Å². The Morgan fingerprint density at radius 1 is 1.33 bits per heavy atom. The molecule has 0 aromatic rings. The van der Waals surface area contributed by atoms with Gasteiger partial charge < -0.3 is 10.1 Å². The van der Waals surface area contributed by atoms with Crippen molar-refractivity contribution in [2.75, 3.05) is 25.1 Å². The van der Waals surface area contributed by atoms with Gasteiger partial charge >= 0.3 is 0 Å². The van der Waals surface area contributed by atoms with Crippen molar-refractivity contribution in [1.82, 2.24) is 5.32 Å². The van der Waals surface area contributed by atoms with Crippen LogP contribution >= 0.6 is 15.9 Å². The van der Waals surface area contributed by atoms with Crippen LogP contribution in [-0.2, 0) is 9.53 Å². The molecule has 0 radical (unpaired) electrons. The van der Waals surface area contributed by atoms with Crippen molar-refractivity contribution < 1.29 is 9.53 Å². The first-order valence-electron chi connectivity index (χ1n) is 5.76. The highest BCUT2D eigenvalue weighted by atomic mass is 79.9. The number of hydrogen-bond donors (Lipinski definition) is 1. The zero-order valence-corrected chi connectivity index (χ0v) is 10.7. The number of hydrogen-bond acceptors (Lipinski definition) is 2.